The molecule has 0 aromatic carbocycles. The van der Waals surface area contributed by atoms with Gasteiger partial charge >= 0.3 is 5.97 Å². The Morgan fingerprint density at radius 1 is 0.658 bits per heavy atom. The Morgan fingerprint density at radius 2 is 1.11 bits per heavy atom. The summed E-state index contributed by atoms with van der Waals surface area (Å²) in [6.07, 6.45) is 29.0. The average molecular weight is 529 g/mol. The minimum Gasteiger partial charge on any atom is -0.480 e. The number of allylic oxidation sites excluding steroid dienone is 10. The minimum absolute atomic E-state index is 0.130. The number of nitrogens with one attached hydrogen (secondary N) is 2. The molecule has 0 saturated carbocycles. The van der Waals surface area contributed by atoms with Crippen molar-refractivity contribution in [3.63, 3.8) is 0 Å². The van der Waals surface area contributed by atoms with Crippen molar-refractivity contribution >= 4 is 17.8 Å². The Morgan fingerprint density at radius 3 is 1.55 bits per heavy atom. The van der Waals surface area contributed by atoms with Gasteiger partial charge in [0.1, 0.15) is 12.1 Å². The Hall–Kier alpha value is -2.89. The monoisotopic (exact) mass is 528 g/mol. The van der Waals surface area contributed by atoms with Gasteiger partial charge in [-0.25, -0.2) is 4.79 Å². The smallest absolute Gasteiger partial charge is 0.326 e. The summed E-state index contributed by atoms with van der Waals surface area (Å²) in [6, 6.07) is -1.69. The molecule has 0 aromatic rings. The van der Waals surface area contributed by atoms with Crippen molar-refractivity contribution in [1.82, 2.24) is 10.6 Å². The summed E-state index contributed by atoms with van der Waals surface area (Å²) in [4.78, 5) is 36.7. The molecule has 0 aliphatic rings. The van der Waals surface area contributed by atoms with Crippen LogP contribution in [0.5, 0.6) is 0 Å². The van der Waals surface area contributed by atoms with E-state index in [-0.39, 0.29) is 17.7 Å². The summed E-state index contributed by atoms with van der Waals surface area (Å²) in [6.45, 7) is 9.89. The average Bonchev–Trinajstić information content (AvgIpc) is 2.84. The predicted molar refractivity (Wildman–Crippen MR) is 159 cm³/mol. The highest BCUT2D eigenvalue weighted by Gasteiger charge is 2.27. The van der Waals surface area contributed by atoms with Crippen molar-refractivity contribution in [1.29, 1.82) is 0 Å². The maximum Gasteiger partial charge on any atom is 0.326 e. The normalized spacial score (nSPS) is 14.1. The number of amides is 2. The molecule has 38 heavy (non-hydrogen) atoms. The fraction of sp³-hybridized carbons (Fsp3) is 0.594. The van der Waals surface area contributed by atoms with Crippen LogP contribution < -0.4 is 10.6 Å². The zero-order valence-electron chi connectivity index (χ0n) is 24.3. The molecule has 0 saturated heterocycles. The first-order valence-corrected chi connectivity index (χ1v) is 14.2. The third-order valence-electron chi connectivity index (χ3n) is 5.61. The molecule has 0 rings (SSSR count). The maximum absolute atomic E-state index is 12.7. The van der Waals surface area contributed by atoms with Crippen molar-refractivity contribution in [3.8, 4) is 0 Å². The van der Waals surface area contributed by atoms with E-state index in [0.717, 1.165) is 38.5 Å². The molecule has 2 atom stereocenters. The van der Waals surface area contributed by atoms with Gasteiger partial charge in [0.05, 0.1) is 0 Å². The van der Waals surface area contributed by atoms with E-state index in [4.69, 9.17) is 0 Å². The van der Waals surface area contributed by atoms with Crippen LogP contribution in [0.4, 0.5) is 0 Å². The number of unbranched alkanes of at least 4 members (excludes halogenated alkanes) is 1. The highest BCUT2D eigenvalue weighted by molar-refractivity contribution is 5.90. The van der Waals surface area contributed by atoms with Crippen LogP contribution in [-0.2, 0) is 14.4 Å². The molecule has 0 bridgehead atoms. The SMILES string of the molecule is CC/C=C\C/C=C\C/C=C\C/C=C\C/C=C\CCCC(=O)N[C@@H](CC(C)C)C(=O)N[C@@H](CC(C)C)C(=O)O. The third kappa shape index (κ3) is 21.2. The quantitative estimate of drug-likeness (QED) is 0.110. The molecular weight excluding hydrogens is 476 g/mol. The first kappa shape index (κ1) is 35.1. The lowest BCUT2D eigenvalue weighted by atomic mass is 10.0. The Bertz CT molecular complexity index is 806. The summed E-state index contributed by atoms with van der Waals surface area (Å²) < 4.78 is 0. The number of carbonyl (C=O) groups is 3. The van der Waals surface area contributed by atoms with Gasteiger partial charge in [-0.3, -0.25) is 9.59 Å². The molecule has 0 aliphatic carbocycles. The number of hydrogen-bond donors (Lipinski definition) is 3. The third-order valence-corrected chi connectivity index (χ3v) is 5.61. The van der Waals surface area contributed by atoms with Crippen molar-refractivity contribution < 1.29 is 19.5 Å². The number of hydrogen-bond acceptors (Lipinski definition) is 3. The molecule has 0 fully saturated rings. The molecule has 0 radical (unpaired) electrons. The highest BCUT2D eigenvalue weighted by Crippen LogP contribution is 2.10. The molecular formula is C32H52N2O4. The fourth-order valence-electron chi connectivity index (χ4n) is 3.68. The van der Waals surface area contributed by atoms with Crippen LogP contribution >= 0.6 is 0 Å². The highest BCUT2D eigenvalue weighted by atomic mass is 16.4. The van der Waals surface area contributed by atoms with E-state index >= 15 is 0 Å². The number of carboxylic acids is 1. The second-order valence-corrected chi connectivity index (χ2v) is 10.4. The van der Waals surface area contributed by atoms with Gasteiger partial charge < -0.3 is 15.7 Å². The minimum atomic E-state index is -1.06. The molecule has 0 heterocycles. The topological polar surface area (TPSA) is 95.5 Å². The molecule has 2 amide bonds. The zero-order valence-corrected chi connectivity index (χ0v) is 24.3. The van der Waals surface area contributed by atoms with Crippen molar-refractivity contribution in [2.75, 3.05) is 0 Å². The summed E-state index contributed by atoms with van der Waals surface area (Å²) >= 11 is 0. The van der Waals surface area contributed by atoms with Gasteiger partial charge in [-0.05, 0) is 69.6 Å². The number of aliphatic carboxylic acids is 1. The predicted octanol–water partition coefficient (Wildman–Crippen LogP) is 7.05. The van der Waals surface area contributed by atoms with Crippen LogP contribution in [0, 0.1) is 11.8 Å². The van der Waals surface area contributed by atoms with Crippen LogP contribution in [-0.4, -0.2) is 35.0 Å². The Balaban J connectivity index is 4.28. The second-order valence-electron chi connectivity index (χ2n) is 10.4. The van der Waals surface area contributed by atoms with E-state index in [1.54, 1.807) is 0 Å². The van der Waals surface area contributed by atoms with E-state index in [1.807, 2.05) is 27.7 Å². The van der Waals surface area contributed by atoms with Gasteiger partial charge in [-0.2, -0.15) is 0 Å². The van der Waals surface area contributed by atoms with E-state index in [1.165, 1.54) is 0 Å². The largest absolute Gasteiger partial charge is 0.480 e. The molecule has 0 aliphatic heterocycles. The van der Waals surface area contributed by atoms with Gasteiger partial charge in [0.2, 0.25) is 11.8 Å². The zero-order chi connectivity index (χ0) is 28.6. The first-order valence-electron chi connectivity index (χ1n) is 14.2. The van der Waals surface area contributed by atoms with Crippen LogP contribution in [0.3, 0.4) is 0 Å². The number of carboxylic acid groups (broad SMARTS) is 1. The summed E-state index contributed by atoms with van der Waals surface area (Å²) in [5.74, 6) is -1.36. The summed E-state index contributed by atoms with van der Waals surface area (Å²) in [7, 11) is 0. The standard InChI is InChI=1S/C32H52N2O4/c1-6-7-8-9-10-11-12-13-14-15-16-17-18-19-20-21-22-23-30(35)33-28(24-26(2)3)31(36)34-29(32(37)38)25-27(4)5/h7-8,10-11,13-14,16-17,19-20,26-29H,6,9,12,15,18,21-25H2,1-5H3,(H,33,35)(H,34,36)(H,37,38)/b8-7-,11-10-,14-13-,17-16-,20-19-/t28-,29-/m0/s1. The van der Waals surface area contributed by atoms with Gasteiger partial charge in [0.25, 0.3) is 0 Å². The first-order chi connectivity index (χ1) is 18.2. The van der Waals surface area contributed by atoms with Crippen LogP contribution in [0.25, 0.3) is 0 Å². The number of rotatable bonds is 21. The van der Waals surface area contributed by atoms with Crippen LogP contribution in [0.15, 0.2) is 60.8 Å². The molecule has 0 spiro atoms. The Labute approximate surface area is 231 Å². The number of carbonyl (C=O) groups excluding carboxylic acids is 2. The van der Waals surface area contributed by atoms with E-state index in [0.29, 0.717) is 25.7 Å². The molecule has 214 valence electrons. The van der Waals surface area contributed by atoms with Crippen LogP contribution in [0.1, 0.15) is 98.8 Å². The molecule has 0 unspecified atom stereocenters. The fourth-order valence-corrected chi connectivity index (χ4v) is 3.68. The second kappa shape index (κ2) is 23.2. The lowest BCUT2D eigenvalue weighted by Gasteiger charge is -2.23. The molecule has 6 nitrogen and oxygen atoms in total. The van der Waals surface area contributed by atoms with Crippen molar-refractivity contribution in [2.24, 2.45) is 11.8 Å². The van der Waals surface area contributed by atoms with E-state index in [2.05, 4.69) is 78.3 Å². The lowest BCUT2D eigenvalue weighted by Crippen LogP contribution is -2.52. The van der Waals surface area contributed by atoms with Crippen LogP contribution in [0.2, 0.25) is 0 Å². The lowest BCUT2D eigenvalue weighted by molar-refractivity contribution is -0.142. The molecule has 6 heteroatoms. The molecule has 3 N–H and O–H groups in total. The van der Waals surface area contributed by atoms with Crippen molar-refractivity contribution in [3.05, 3.63) is 60.8 Å². The molecule has 0 aromatic heterocycles. The van der Waals surface area contributed by atoms with Gasteiger partial charge in [-0.1, -0.05) is 95.4 Å². The van der Waals surface area contributed by atoms with E-state index in [9.17, 15) is 19.5 Å². The van der Waals surface area contributed by atoms with Gasteiger partial charge in [-0.15, -0.1) is 0 Å². The Kier molecular flexibility index (Phi) is 21.5. The van der Waals surface area contributed by atoms with Gasteiger partial charge in [0.15, 0.2) is 0 Å². The van der Waals surface area contributed by atoms with E-state index < -0.39 is 24.0 Å². The van der Waals surface area contributed by atoms with Crippen molar-refractivity contribution in [2.45, 2.75) is 111 Å². The van der Waals surface area contributed by atoms with Gasteiger partial charge in [0, 0.05) is 6.42 Å². The summed E-state index contributed by atoms with van der Waals surface area (Å²) in [5, 5.41) is 14.8. The summed E-state index contributed by atoms with van der Waals surface area (Å²) in [5.41, 5.74) is 0. The maximum atomic E-state index is 12.7.